The van der Waals surface area contributed by atoms with Crippen LogP contribution >= 0.6 is 11.6 Å². The first-order chi connectivity index (χ1) is 7.08. The van der Waals surface area contributed by atoms with Gasteiger partial charge in [0.05, 0.1) is 17.4 Å². The molecule has 0 fully saturated rings. The van der Waals surface area contributed by atoms with E-state index in [0.29, 0.717) is 10.8 Å². The lowest BCUT2D eigenvalue weighted by Gasteiger charge is -2.08. The van der Waals surface area contributed by atoms with E-state index >= 15 is 0 Å². The van der Waals surface area contributed by atoms with Crippen molar-refractivity contribution in [2.45, 2.75) is 19.1 Å². The Morgan fingerprint density at radius 3 is 3.00 bits per heavy atom. The van der Waals surface area contributed by atoms with Crippen LogP contribution in [0.4, 0.5) is 0 Å². The van der Waals surface area contributed by atoms with Crippen molar-refractivity contribution in [3.8, 4) is 0 Å². The lowest BCUT2D eigenvalue weighted by molar-refractivity contribution is 0.144. The molecule has 0 radical (unpaired) electrons. The third kappa shape index (κ3) is 1.92. The highest BCUT2D eigenvalue weighted by Crippen LogP contribution is 2.13. The second-order valence-electron chi connectivity index (χ2n) is 3.29. The molecular weight excluding hydrogens is 218 g/mol. The van der Waals surface area contributed by atoms with Gasteiger partial charge in [0, 0.05) is 6.04 Å². The summed E-state index contributed by atoms with van der Waals surface area (Å²) in [5.41, 5.74) is 5.53. The second kappa shape index (κ2) is 3.73. The molecule has 2 rings (SSSR count). The van der Waals surface area contributed by atoms with E-state index in [9.17, 15) is 5.11 Å². The maximum Gasteiger partial charge on any atom is 0.252 e. The Morgan fingerprint density at radius 2 is 2.33 bits per heavy atom. The number of halogens is 1. The highest BCUT2D eigenvalue weighted by Gasteiger charge is 2.18. The van der Waals surface area contributed by atoms with Crippen molar-refractivity contribution in [2.24, 2.45) is 5.73 Å². The predicted octanol–water partition coefficient (Wildman–Crippen LogP) is 0.158. The maximum atomic E-state index is 9.64. The van der Waals surface area contributed by atoms with E-state index in [-0.39, 0.29) is 5.82 Å². The van der Waals surface area contributed by atoms with Crippen molar-refractivity contribution in [2.75, 3.05) is 0 Å². The van der Waals surface area contributed by atoms with Crippen LogP contribution in [0, 0.1) is 0 Å². The molecule has 0 aliphatic carbocycles. The fourth-order valence-corrected chi connectivity index (χ4v) is 1.28. The molecule has 6 nitrogen and oxygen atoms in total. The van der Waals surface area contributed by atoms with Crippen molar-refractivity contribution in [3.63, 3.8) is 0 Å². The monoisotopic (exact) mass is 227 g/mol. The van der Waals surface area contributed by atoms with E-state index in [4.69, 9.17) is 17.3 Å². The largest absolute Gasteiger partial charge is 0.383 e. The molecule has 7 heteroatoms. The number of nitrogens with zero attached hydrogens (tertiary/aromatic N) is 4. The molecule has 0 amide bonds. The Bertz CT molecular complexity index is 483. The van der Waals surface area contributed by atoms with Gasteiger partial charge >= 0.3 is 0 Å². The molecule has 2 heterocycles. The zero-order valence-electron chi connectivity index (χ0n) is 8.00. The van der Waals surface area contributed by atoms with Crippen LogP contribution < -0.4 is 5.73 Å². The number of rotatable bonds is 2. The summed E-state index contributed by atoms with van der Waals surface area (Å²) in [6, 6.07) is -0.433. The number of aromatic nitrogens is 4. The van der Waals surface area contributed by atoms with Crippen LogP contribution in [0.3, 0.4) is 0 Å². The van der Waals surface area contributed by atoms with Crippen molar-refractivity contribution in [1.29, 1.82) is 0 Å². The van der Waals surface area contributed by atoms with Gasteiger partial charge < -0.3 is 10.8 Å². The highest BCUT2D eigenvalue weighted by atomic mass is 35.5. The molecule has 2 atom stereocenters. The van der Waals surface area contributed by atoms with Crippen LogP contribution in [0.2, 0.25) is 5.02 Å². The first kappa shape index (κ1) is 10.3. The number of nitrogens with two attached hydrogens (primary N) is 1. The van der Waals surface area contributed by atoms with Gasteiger partial charge in [-0.05, 0) is 6.92 Å². The van der Waals surface area contributed by atoms with Gasteiger partial charge in [-0.25, -0.2) is 9.50 Å². The molecule has 0 aliphatic heterocycles. The Kier molecular flexibility index (Phi) is 2.56. The highest BCUT2D eigenvalue weighted by molar-refractivity contribution is 6.30. The Morgan fingerprint density at radius 1 is 1.60 bits per heavy atom. The fraction of sp³-hybridized carbons (Fsp3) is 0.375. The van der Waals surface area contributed by atoms with Crippen LogP contribution in [0.15, 0.2) is 12.4 Å². The van der Waals surface area contributed by atoms with Crippen molar-refractivity contribution >= 4 is 17.4 Å². The predicted molar refractivity (Wildman–Crippen MR) is 54.4 cm³/mol. The first-order valence-corrected chi connectivity index (χ1v) is 4.77. The number of aliphatic hydroxyl groups excluding tert-OH is 1. The minimum atomic E-state index is -0.898. The summed E-state index contributed by atoms with van der Waals surface area (Å²) in [4.78, 5) is 7.98. The Balaban J connectivity index is 2.47. The number of hydrogen-bond acceptors (Lipinski definition) is 5. The molecular formula is C8H10ClN5O. The SMILES string of the molecule is CC(N)C(O)c1nc2ncc(Cl)cn2n1. The minimum absolute atomic E-state index is 0.250. The topological polar surface area (TPSA) is 89.3 Å². The molecule has 0 aliphatic rings. The van der Waals surface area contributed by atoms with Gasteiger partial charge in [-0.1, -0.05) is 11.6 Å². The smallest absolute Gasteiger partial charge is 0.252 e. The summed E-state index contributed by atoms with van der Waals surface area (Å²) in [6.07, 6.45) is 2.13. The zero-order chi connectivity index (χ0) is 11.0. The molecule has 15 heavy (non-hydrogen) atoms. The first-order valence-electron chi connectivity index (χ1n) is 4.39. The van der Waals surface area contributed by atoms with Crippen LogP contribution in [0.25, 0.3) is 5.78 Å². The summed E-state index contributed by atoms with van der Waals surface area (Å²) in [6.45, 7) is 1.68. The van der Waals surface area contributed by atoms with E-state index in [1.165, 1.54) is 10.7 Å². The van der Waals surface area contributed by atoms with E-state index < -0.39 is 12.1 Å². The molecule has 2 aromatic heterocycles. The van der Waals surface area contributed by atoms with Gasteiger partial charge in [0.15, 0.2) is 5.82 Å². The molecule has 0 aromatic carbocycles. The minimum Gasteiger partial charge on any atom is -0.383 e. The van der Waals surface area contributed by atoms with Gasteiger partial charge in [-0.15, -0.1) is 5.10 Å². The van der Waals surface area contributed by atoms with Gasteiger partial charge in [-0.2, -0.15) is 4.98 Å². The molecule has 3 N–H and O–H groups in total. The van der Waals surface area contributed by atoms with E-state index in [0.717, 1.165) is 0 Å². The lowest BCUT2D eigenvalue weighted by Crippen LogP contribution is -2.25. The van der Waals surface area contributed by atoms with Crippen LogP contribution in [0.5, 0.6) is 0 Å². The van der Waals surface area contributed by atoms with Crippen molar-refractivity contribution in [3.05, 3.63) is 23.2 Å². The average molecular weight is 228 g/mol. The molecule has 0 spiro atoms. The molecule has 2 unspecified atom stereocenters. The Labute approximate surface area is 90.7 Å². The van der Waals surface area contributed by atoms with E-state index in [1.807, 2.05) is 0 Å². The molecule has 0 saturated carbocycles. The molecule has 0 saturated heterocycles. The summed E-state index contributed by atoms with van der Waals surface area (Å²) in [5, 5.41) is 14.1. The van der Waals surface area contributed by atoms with Gasteiger partial charge in [0.25, 0.3) is 5.78 Å². The summed E-state index contributed by atoms with van der Waals surface area (Å²) >= 11 is 5.73. The molecule has 0 bridgehead atoms. The third-order valence-electron chi connectivity index (χ3n) is 1.94. The van der Waals surface area contributed by atoms with Crippen molar-refractivity contribution in [1.82, 2.24) is 19.6 Å². The van der Waals surface area contributed by atoms with Crippen molar-refractivity contribution < 1.29 is 5.11 Å². The second-order valence-corrected chi connectivity index (χ2v) is 3.73. The quantitative estimate of drug-likeness (QED) is 0.763. The van der Waals surface area contributed by atoms with Crippen LogP contribution in [-0.2, 0) is 0 Å². The lowest BCUT2D eigenvalue weighted by atomic mass is 10.2. The number of hydrogen-bond donors (Lipinski definition) is 2. The number of aliphatic hydroxyl groups is 1. The summed E-state index contributed by atoms with van der Waals surface area (Å²) in [7, 11) is 0. The van der Waals surface area contributed by atoms with Gasteiger partial charge in [-0.3, -0.25) is 0 Å². The van der Waals surface area contributed by atoms with Gasteiger partial charge in [0.2, 0.25) is 0 Å². The van der Waals surface area contributed by atoms with E-state index in [1.54, 1.807) is 13.1 Å². The van der Waals surface area contributed by atoms with Gasteiger partial charge in [0.1, 0.15) is 6.10 Å². The number of fused-ring (bicyclic) bond motifs is 1. The zero-order valence-corrected chi connectivity index (χ0v) is 8.76. The molecule has 2 aromatic rings. The summed E-state index contributed by atoms with van der Waals surface area (Å²) < 4.78 is 1.41. The third-order valence-corrected chi connectivity index (χ3v) is 2.14. The normalized spacial score (nSPS) is 15.5. The van der Waals surface area contributed by atoms with E-state index in [2.05, 4.69) is 15.1 Å². The Hall–Kier alpha value is -1.24. The average Bonchev–Trinajstić information content (AvgIpc) is 2.58. The fourth-order valence-electron chi connectivity index (χ4n) is 1.14. The molecule has 80 valence electrons. The standard InChI is InChI=1S/C8H10ClN5O/c1-4(10)6(15)7-12-8-11-2-5(9)3-14(8)13-7/h2-4,6,15H,10H2,1H3. The van der Waals surface area contributed by atoms with Crippen LogP contribution in [-0.4, -0.2) is 30.7 Å². The maximum absolute atomic E-state index is 9.64. The van der Waals surface area contributed by atoms with Crippen LogP contribution in [0.1, 0.15) is 18.9 Å². The summed E-state index contributed by atoms with van der Waals surface area (Å²) in [5.74, 6) is 0.633.